The van der Waals surface area contributed by atoms with E-state index in [2.05, 4.69) is 10.6 Å². The van der Waals surface area contributed by atoms with Crippen LogP contribution in [0.5, 0.6) is 0 Å². The third kappa shape index (κ3) is 7.12. The Bertz CT molecular complexity index is 729. The molecule has 0 unspecified atom stereocenters. The number of hydrogen-bond donors (Lipinski definition) is 2. The molecule has 8 nitrogen and oxygen atoms in total. The Morgan fingerprint density at radius 3 is 2.33 bits per heavy atom. The lowest BCUT2D eigenvalue weighted by Crippen LogP contribution is -2.43. The van der Waals surface area contributed by atoms with Gasteiger partial charge in [0.05, 0.1) is 10.5 Å². The van der Waals surface area contributed by atoms with Crippen molar-refractivity contribution < 1.29 is 32.4 Å². The molecule has 0 spiro atoms. The van der Waals surface area contributed by atoms with Crippen molar-refractivity contribution in [2.45, 2.75) is 45.5 Å². The Morgan fingerprint density at radius 2 is 1.85 bits per heavy atom. The fraction of sp³-hybridized carbons (Fsp3) is 0.500. The third-order valence-corrected chi connectivity index (χ3v) is 3.11. The second-order valence-electron chi connectivity index (χ2n) is 6.76. The van der Waals surface area contributed by atoms with Crippen LogP contribution in [-0.2, 0) is 20.5 Å². The summed E-state index contributed by atoms with van der Waals surface area (Å²) < 4.78 is 42.9. The number of ether oxygens (including phenoxy) is 1. The van der Waals surface area contributed by atoms with Crippen LogP contribution in [0.25, 0.3) is 0 Å². The first-order chi connectivity index (χ1) is 12.2. The molecule has 0 fully saturated rings. The molecular formula is C16H20F3N3O5. The zero-order valence-electron chi connectivity index (χ0n) is 15.1. The van der Waals surface area contributed by atoms with Crippen LogP contribution >= 0.6 is 0 Å². The monoisotopic (exact) mass is 391 g/mol. The molecule has 0 aliphatic heterocycles. The molecule has 0 saturated heterocycles. The van der Waals surface area contributed by atoms with Crippen LogP contribution in [0.3, 0.4) is 0 Å². The largest absolute Gasteiger partial charge is 0.454 e. The maximum Gasteiger partial charge on any atom is 0.416 e. The van der Waals surface area contributed by atoms with Gasteiger partial charge in [0, 0.05) is 11.6 Å². The molecule has 0 radical (unpaired) electrons. The van der Waals surface area contributed by atoms with Crippen LogP contribution < -0.4 is 10.6 Å². The Hall–Kier alpha value is -2.85. The fourth-order valence-corrected chi connectivity index (χ4v) is 1.99. The molecule has 0 bridgehead atoms. The first kappa shape index (κ1) is 22.2. The number of halogens is 3. The average Bonchev–Trinajstić information content (AvgIpc) is 2.49. The number of carbonyl (C=O) groups excluding carboxylic acids is 2. The fourth-order valence-electron chi connectivity index (χ4n) is 1.99. The van der Waals surface area contributed by atoms with Crippen molar-refractivity contribution in [3.63, 3.8) is 0 Å². The van der Waals surface area contributed by atoms with E-state index < -0.39 is 52.4 Å². The van der Waals surface area contributed by atoms with Crippen molar-refractivity contribution in [3.8, 4) is 0 Å². The van der Waals surface area contributed by atoms with Gasteiger partial charge < -0.3 is 15.4 Å². The molecule has 1 aromatic carbocycles. The number of nitrogens with zero attached hydrogens (tertiary/aromatic N) is 1. The molecular weight excluding hydrogens is 371 g/mol. The minimum absolute atomic E-state index is 0.281. The molecule has 0 heterocycles. The second-order valence-corrected chi connectivity index (χ2v) is 6.76. The van der Waals surface area contributed by atoms with Crippen LogP contribution in [0.2, 0.25) is 0 Å². The van der Waals surface area contributed by atoms with Crippen LogP contribution in [-0.4, -0.2) is 35.0 Å². The molecule has 0 saturated carbocycles. The highest BCUT2D eigenvalue weighted by atomic mass is 19.4. The highest BCUT2D eigenvalue weighted by Gasteiger charge is 2.33. The van der Waals surface area contributed by atoms with E-state index in [1.54, 1.807) is 20.8 Å². The van der Waals surface area contributed by atoms with Crippen LogP contribution in [0.15, 0.2) is 18.2 Å². The Labute approximate surface area is 153 Å². The summed E-state index contributed by atoms with van der Waals surface area (Å²) in [6.45, 7) is 5.95. The number of esters is 1. The van der Waals surface area contributed by atoms with Crippen molar-refractivity contribution in [1.29, 1.82) is 0 Å². The number of alkyl halides is 3. The van der Waals surface area contributed by atoms with Gasteiger partial charge in [-0.3, -0.25) is 14.9 Å². The lowest BCUT2D eigenvalue weighted by Gasteiger charge is -2.21. The molecule has 11 heteroatoms. The Balaban J connectivity index is 2.81. The van der Waals surface area contributed by atoms with Gasteiger partial charge in [0.2, 0.25) is 0 Å². The van der Waals surface area contributed by atoms with Gasteiger partial charge in [0.15, 0.2) is 6.61 Å². The number of nitro groups is 1. The first-order valence-corrected chi connectivity index (χ1v) is 7.80. The number of nitro benzene ring substituents is 1. The van der Waals surface area contributed by atoms with E-state index in [1.807, 2.05) is 0 Å². The van der Waals surface area contributed by atoms with Crippen molar-refractivity contribution in [3.05, 3.63) is 33.9 Å². The predicted octanol–water partition coefficient (Wildman–Crippen LogP) is 2.87. The minimum atomic E-state index is -4.74. The SMILES string of the molecule is C[C@@H](Nc1ccc(C(F)(F)F)cc1[N+](=O)[O-])C(=O)OCC(=O)NC(C)(C)C. The van der Waals surface area contributed by atoms with Crippen molar-refractivity contribution in [2.75, 3.05) is 11.9 Å². The zero-order valence-corrected chi connectivity index (χ0v) is 15.1. The molecule has 1 aromatic rings. The van der Waals surface area contributed by atoms with Crippen LogP contribution in [0, 0.1) is 10.1 Å². The molecule has 1 atom stereocenters. The van der Waals surface area contributed by atoms with E-state index in [0.717, 1.165) is 6.07 Å². The summed E-state index contributed by atoms with van der Waals surface area (Å²) in [6.07, 6.45) is -4.74. The quantitative estimate of drug-likeness (QED) is 0.438. The van der Waals surface area contributed by atoms with Gasteiger partial charge >= 0.3 is 12.1 Å². The molecule has 1 amide bonds. The summed E-state index contributed by atoms with van der Waals surface area (Å²) in [5.41, 5.74) is -2.82. The maximum atomic E-state index is 12.7. The van der Waals surface area contributed by atoms with Gasteiger partial charge in [-0.25, -0.2) is 4.79 Å². The number of nitrogens with one attached hydrogen (secondary N) is 2. The molecule has 1 rings (SSSR count). The lowest BCUT2D eigenvalue weighted by atomic mass is 10.1. The number of carbonyl (C=O) groups is 2. The highest BCUT2D eigenvalue weighted by molar-refractivity contribution is 5.84. The van der Waals surface area contributed by atoms with E-state index in [0.29, 0.717) is 12.1 Å². The predicted molar refractivity (Wildman–Crippen MR) is 90.0 cm³/mol. The molecule has 27 heavy (non-hydrogen) atoms. The normalized spacial score (nSPS) is 12.9. The third-order valence-electron chi connectivity index (χ3n) is 3.11. The van der Waals surface area contributed by atoms with E-state index in [1.165, 1.54) is 6.92 Å². The van der Waals surface area contributed by atoms with E-state index in [4.69, 9.17) is 4.74 Å². The van der Waals surface area contributed by atoms with Crippen molar-refractivity contribution in [1.82, 2.24) is 5.32 Å². The first-order valence-electron chi connectivity index (χ1n) is 7.80. The van der Waals surface area contributed by atoms with Gasteiger partial charge in [-0.1, -0.05) is 0 Å². The maximum absolute atomic E-state index is 12.7. The van der Waals surface area contributed by atoms with Crippen LogP contribution in [0.1, 0.15) is 33.3 Å². The zero-order chi connectivity index (χ0) is 21.0. The van der Waals surface area contributed by atoms with Gasteiger partial charge in [-0.05, 0) is 39.8 Å². The van der Waals surface area contributed by atoms with Gasteiger partial charge in [-0.2, -0.15) is 13.2 Å². The summed E-state index contributed by atoms with van der Waals surface area (Å²) in [4.78, 5) is 33.6. The lowest BCUT2D eigenvalue weighted by molar-refractivity contribution is -0.384. The summed E-state index contributed by atoms with van der Waals surface area (Å²) in [7, 11) is 0. The van der Waals surface area contributed by atoms with E-state index in [-0.39, 0.29) is 5.69 Å². The Morgan fingerprint density at radius 1 is 1.26 bits per heavy atom. The highest BCUT2D eigenvalue weighted by Crippen LogP contribution is 2.35. The van der Waals surface area contributed by atoms with Gasteiger partial charge in [0.1, 0.15) is 11.7 Å². The Kier molecular flexibility index (Phi) is 6.76. The number of anilines is 1. The summed E-state index contributed by atoms with van der Waals surface area (Å²) in [5.74, 6) is -1.43. The number of amides is 1. The van der Waals surface area contributed by atoms with Gasteiger partial charge in [-0.15, -0.1) is 0 Å². The van der Waals surface area contributed by atoms with Crippen molar-refractivity contribution in [2.24, 2.45) is 0 Å². The summed E-state index contributed by atoms with van der Waals surface area (Å²) in [6, 6.07) is 0.751. The smallest absolute Gasteiger partial charge is 0.416 e. The standard InChI is InChI=1S/C16H20F3N3O5/c1-9(14(24)27-8-13(23)21-15(2,3)4)20-11-6-5-10(16(17,18)19)7-12(11)22(25)26/h5-7,9,20H,8H2,1-4H3,(H,21,23)/t9-/m1/s1. The number of benzene rings is 1. The molecule has 150 valence electrons. The number of hydrogen-bond acceptors (Lipinski definition) is 6. The molecule has 0 aliphatic rings. The molecule has 0 aromatic heterocycles. The summed E-state index contributed by atoms with van der Waals surface area (Å²) in [5, 5.41) is 16.0. The topological polar surface area (TPSA) is 111 Å². The van der Waals surface area contributed by atoms with E-state index >= 15 is 0 Å². The van der Waals surface area contributed by atoms with Crippen molar-refractivity contribution >= 4 is 23.3 Å². The van der Waals surface area contributed by atoms with Gasteiger partial charge in [0.25, 0.3) is 11.6 Å². The molecule has 2 N–H and O–H groups in total. The minimum Gasteiger partial charge on any atom is -0.454 e. The second kappa shape index (κ2) is 8.23. The number of rotatable bonds is 6. The van der Waals surface area contributed by atoms with Crippen LogP contribution in [0.4, 0.5) is 24.5 Å². The summed E-state index contributed by atoms with van der Waals surface area (Å²) >= 11 is 0. The van der Waals surface area contributed by atoms with E-state index in [9.17, 15) is 32.9 Å². The average molecular weight is 391 g/mol. The molecule has 0 aliphatic carbocycles.